The molecule has 2 N–H and O–H groups in total. The molecule has 7 heteroatoms. The van der Waals surface area contributed by atoms with Gasteiger partial charge in [-0.2, -0.15) is 13.9 Å². The molecular formula is C17H17F2N3OS. The second-order valence-corrected chi connectivity index (χ2v) is 5.29. The number of halogens is 2. The monoisotopic (exact) mass is 349 g/mol. The minimum absolute atomic E-state index is 0.106. The van der Waals surface area contributed by atoms with E-state index in [0.717, 1.165) is 11.1 Å². The Morgan fingerprint density at radius 3 is 2.42 bits per heavy atom. The standard InChI is InChI=1S/C17H17F2N3OS/c1-12(14-7-9-15(10-8-14)23-16(18)19)21-22-17(24)20-11-13-5-3-2-4-6-13/h2-10,16H,11H2,1H3,(H2,20,22,24)/b21-12+. The van der Waals surface area contributed by atoms with Crippen molar-refractivity contribution in [2.45, 2.75) is 20.1 Å². The molecule has 0 aromatic heterocycles. The van der Waals surface area contributed by atoms with Crippen LogP contribution >= 0.6 is 12.2 Å². The van der Waals surface area contributed by atoms with E-state index in [4.69, 9.17) is 12.2 Å². The summed E-state index contributed by atoms with van der Waals surface area (Å²) in [5.41, 5.74) is 5.31. The van der Waals surface area contributed by atoms with Gasteiger partial charge >= 0.3 is 6.61 Å². The maximum atomic E-state index is 12.1. The third-order valence-electron chi connectivity index (χ3n) is 3.12. The summed E-state index contributed by atoms with van der Waals surface area (Å²) in [7, 11) is 0. The van der Waals surface area contributed by atoms with Crippen LogP contribution in [0.25, 0.3) is 0 Å². The number of thiocarbonyl (C=S) groups is 1. The topological polar surface area (TPSA) is 45.7 Å². The molecule has 0 saturated carbocycles. The number of benzene rings is 2. The Labute approximate surface area is 144 Å². The zero-order chi connectivity index (χ0) is 17.4. The van der Waals surface area contributed by atoms with Crippen molar-refractivity contribution in [2.24, 2.45) is 5.10 Å². The molecular weight excluding hydrogens is 332 g/mol. The lowest BCUT2D eigenvalue weighted by atomic mass is 10.1. The maximum absolute atomic E-state index is 12.1. The van der Waals surface area contributed by atoms with Crippen molar-refractivity contribution >= 4 is 23.0 Å². The smallest absolute Gasteiger partial charge is 0.387 e. The van der Waals surface area contributed by atoms with Crippen molar-refractivity contribution in [1.29, 1.82) is 0 Å². The van der Waals surface area contributed by atoms with Crippen LogP contribution in [0.3, 0.4) is 0 Å². The molecule has 24 heavy (non-hydrogen) atoms. The molecule has 0 spiro atoms. The normalized spacial score (nSPS) is 11.2. The minimum atomic E-state index is -2.83. The number of nitrogens with one attached hydrogen (secondary N) is 2. The quantitative estimate of drug-likeness (QED) is 0.474. The third kappa shape index (κ3) is 5.92. The van der Waals surface area contributed by atoms with Crippen LogP contribution in [-0.2, 0) is 6.54 Å². The molecule has 0 radical (unpaired) electrons. The van der Waals surface area contributed by atoms with Gasteiger partial charge in [-0.1, -0.05) is 30.3 Å². The van der Waals surface area contributed by atoms with Crippen LogP contribution in [0, 0.1) is 0 Å². The highest BCUT2D eigenvalue weighted by molar-refractivity contribution is 7.80. The lowest BCUT2D eigenvalue weighted by Gasteiger charge is -2.09. The van der Waals surface area contributed by atoms with E-state index in [1.165, 1.54) is 12.1 Å². The fourth-order valence-electron chi connectivity index (χ4n) is 1.89. The highest BCUT2D eigenvalue weighted by Crippen LogP contribution is 2.15. The number of hydrogen-bond acceptors (Lipinski definition) is 3. The van der Waals surface area contributed by atoms with Gasteiger partial charge in [0, 0.05) is 6.54 Å². The molecule has 0 fully saturated rings. The predicted octanol–water partition coefficient (Wildman–Crippen LogP) is 3.68. The Kier molecular flexibility index (Phi) is 6.62. The van der Waals surface area contributed by atoms with Crippen molar-refractivity contribution in [3.05, 3.63) is 65.7 Å². The van der Waals surface area contributed by atoms with Gasteiger partial charge < -0.3 is 10.1 Å². The largest absolute Gasteiger partial charge is 0.435 e. The number of nitrogens with zero attached hydrogens (tertiary/aromatic N) is 1. The number of rotatable bonds is 6. The van der Waals surface area contributed by atoms with Gasteiger partial charge in [0.05, 0.1) is 5.71 Å². The zero-order valence-corrected chi connectivity index (χ0v) is 13.8. The van der Waals surface area contributed by atoms with E-state index in [1.54, 1.807) is 19.1 Å². The van der Waals surface area contributed by atoms with Crippen molar-refractivity contribution in [3.8, 4) is 5.75 Å². The van der Waals surface area contributed by atoms with Gasteiger partial charge in [0.1, 0.15) is 5.75 Å². The van der Waals surface area contributed by atoms with Crippen molar-refractivity contribution in [2.75, 3.05) is 0 Å². The average Bonchev–Trinajstić information content (AvgIpc) is 2.59. The first-order chi connectivity index (χ1) is 11.5. The average molecular weight is 349 g/mol. The molecule has 0 bridgehead atoms. The van der Waals surface area contributed by atoms with E-state index >= 15 is 0 Å². The van der Waals surface area contributed by atoms with Crippen LogP contribution in [-0.4, -0.2) is 17.4 Å². The summed E-state index contributed by atoms with van der Waals surface area (Å²) in [5.74, 6) is 0.106. The molecule has 0 aliphatic carbocycles. The van der Waals surface area contributed by atoms with Crippen molar-refractivity contribution in [1.82, 2.24) is 10.7 Å². The maximum Gasteiger partial charge on any atom is 0.387 e. The van der Waals surface area contributed by atoms with Crippen LogP contribution in [0.5, 0.6) is 5.75 Å². The second-order valence-electron chi connectivity index (χ2n) is 4.88. The summed E-state index contributed by atoms with van der Waals surface area (Å²) in [6, 6.07) is 16.1. The van der Waals surface area contributed by atoms with Crippen molar-refractivity contribution < 1.29 is 13.5 Å². The van der Waals surface area contributed by atoms with E-state index in [9.17, 15) is 8.78 Å². The van der Waals surface area contributed by atoms with Gasteiger partial charge in [0.2, 0.25) is 0 Å². The SMILES string of the molecule is C/C(=N\NC(=S)NCc1ccccc1)c1ccc(OC(F)F)cc1. The lowest BCUT2D eigenvalue weighted by molar-refractivity contribution is -0.0498. The van der Waals surface area contributed by atoms with Crippen LogP contribution in [0.2, 0.25) is 0 Å². The van der Waals surface area contributed by atoms with E-state index in [2.05, 4.69) is 20.6 Å². The summed E-state index contributed by atoms with van der Waals surface area (Å²) < 4.78 is 28.5. The Morgan fingerprint density at radius 2 is 1.79 bits per heavy atom. The predicted molar refractivity (Wildman–Crippen MR) is 94.3 cm³/mol. The van der Waals surface area contributed by atoms with E-state index < -0.39 is 6.61 Å². The van der Waals surface area contributed by atoms with Gasteiger partial charge in [0.15, 0.2) is 5.11 Å². The summed E-state index contributed by atoms with van der Waals surface area (Å²) >= 11 is 5.16. The number of hydrogen-bond donors (Lipinski definition) is 2. The van der Waals surface area contributed by atoms with Crippen LogP contribution in [0.4, 0.5) is 8.78 Å². The van der Waals surface area contributed by atoms with Crippen LogP contribution in [0.1, 0.15) is 18.1 Å². The first-order valence-electron chi connectivity index (χ1n) is 7.22. The number of ether oxygens (including phenoxy) is 1. The fourth-order valence-corrected chi connectivity index (χ4v) is 2.01. The summed E-state index contributed by atoms with van der Waals surface area (Å²) in [6.07, 6.45) is 0. The van der Waals surface area contributed by atoms with Gasteiger partial charge in [0.25, 0.3) is 0 Å². The van der Waals surface area contributed by atoms with Gasteiger partial charge in [-0.3, -0.25) is 5.43 Å². The first kappa shape index (κ1) is 17.8. The van der Waals surface area contributed by atoms with Gasteiger partial charge in [-0.15, -0.1) is 0 Å². The van der Waals surface area contributed by atoms with Crippen molar-refractivity contribution in [3.63, 3.8) is 0 Å². The van der Waals surface area contributed by atoms with E-state index in [-0.39, 0.29) is 5.75 Å². The second kappa shape index (κ2) is 8.93. The molecule has 0 saturated heterocycles. The Morgan fingerprint density at radius 1 is 1.12 bits per heavy atom. The molecule has 2 aromatic rings. The Hall–Kier alpha value is -2.54. The van der Waals surface area contributed by atoms with E-state index in [1.807, 2.05) is 30.3 Å². The molecule has 0 aliphatic rings. The van der Waals surface area contributed by atoms with Crippen LogP contribution in [0.15, 0.2) is 59.7 Å². The Bertz CT molecular complexity index is 691. The minimum Gasteiger partial charge on any atom is -0.435 e. The molecule has 2 rings (SSSR count). The summed E-state index contributed by atoms with van der Waals surface area (Å²) in [6.45, 7) is -0.447. The molecule has 0 amide bonds. The molecule has 0 atom stereocenters. The Balaban J connectivity index is 1.85. The van der Waals surface area contributed by atoms with Crippen LogP contribution < -0.4 is 15.5 Å². The molecule has 2 aromatic carbocycles. The summed E-state index contributed by atoms with van der Waals surface area (Å²) in [4.78, 5) is 0. The lowest BCUT2D eigenvalue weighted by Crippen LogP contribution is -2.32. The van der Waals surface area contributed by atoms with Gasteiger partial charge in [-0.25, -0.2) is 0 Å². The molecule has 0 aliphatic heterocycles. The number of hydrazone groups is 1. The molecule has 0 heterocycles. The molecule has 0 unspecified atom stereocenters. The fraction of sp³-hybridized carbons (Fsp3) is 0.176. The zero-order valence-electron chi connectivity index (χ0n) is 13.0. The molecule has 126 valence electrons. The first-order valence-corrected chi connectivity index (χ1v) is 7.63. The molecule has 4 nitrogen and oxygen atoms in total. The highest BCUT2D eigenvalue weighted by Gasteiger charge is 2.05. The highest BCUT2D eigenvalue weighted by atomic mass is 32.1. The van der Waals surface area contributed by atoms with Gasteiger partial charge in [-0.05, 0) is 54.5 Å². The third-order valence-corrected chi connectivity index (χ3v) is 3.35. The number of alkyl halides is 2. The van der Waals surface area contributed by atoms with E-state index in [0.29, 0.717) is 17.4 Å². The summed E-state index contributed by atoms with van der Waals surface area (Å²) in [5, 5.41) is 7.62.